The van der Waals surface area contributed by atoms with Gasteiger partial charge in [0.05, 0.1) is 18.6 Å². The van der Waals surface area contributed by atoms with Crippen molar-refractivity contribution in [2.45, 2.75) is 25.7 Å². The Morgan fingerprint density at radius 1 is 1.00 bits per heavy atom. The fourth-order valence-corrected chi connectivity index (χ4v) is 5.34. The average Bonchev–Trinajstić information content (AvgIpc) is 3.11. The van der Waals surface area contributed by atoms with Crippen LogP contribution in [0.2, 0.25) is 0 Å². The Balaban J connectivity index is 1.33. The van der Waals surface area contributed by atoms with Crippen molar-refractivity contribution in [3.8, 4) is 0 Å². The van der Waals surface area contributed by atoms with E-state index in [1.165, 1.54) is 23.1 Å². The number of hydrogen-bond acceptors (Lipinski definition) is 4. The van der Waals surface area contributed by atoms with Gasteiger partial charge in [-0.1, -0.05) is 24.3 Å². The normalized spacial score (nSPS) is 20.7. The van der Waals surface area contributed by atoms with E-state index in [1.807, 2.05) is 23.4 Å². The molecule has 0 bridgehead atoms. The van der Waals surface area contributed by atoms with Crippen LogP contribution in [0, 0.1) is 17.2 Å². The van der Waals surface area contributed by atoms with E-state index in [0.717, 1.165) is 17.4 Å². The second-order valence-corrected chi connectivity index (χ2v) is 9.65. The topological polar surface area (TPSA) is 51.7 Å². The van der Waals surface area contributed by atoms with E-state index < -0.39 is 5.41 Å². The largest absolute Gasteiger partial charge is 0.381 e. The van der Waals surface area contributed by atoms with Gasteiger partial charge in [-0.05, 0) is 66.5 Å². The smallest absolute Gasteiger partial charge is 0.229 e. The molecule has 1 atom stereocenters. The Kier molecular flexibility index (Phi) is 6.88. The summed E-state index contributed by atoms with van der Waals surface area (Å²) in [6.07, 6.45) is 6.52. The van der Waals surface area contributed by atoms with Crippen molar-refractivity contribution < 1.29 is 18.7 Å². The van der Waals surface area contributed by atoms with Crippen molar-refractivity contribution >= 4 is 16.7 Å². The molecule has 34 heavy (non-hydrogen) atoms. The van der Waals surface area contributed by atoms with E-state index in [1.54, 1.807) is 12.1 Å². The van der Waals surface area contributed by atoms with Gasteiger partial charge >= 0.3 is 0 Å². The molecule has 0 N–H and O–H groups in total. The zero-order valence-electron chi connectivity index (χ0n) is 19.4. The van der Waals surface area contributed by atoms with Crippen molar-refractivity contribution in [1.29, 1.82) is 0 Å². The molecular formula is C28H31FN2O3. The number of carbonyl (C=O) groups excluding carboxylic acids is 1. The Morgan fingerprint density at radius 3 is 2.62 bits per heavy atom. The van der Waals surface area contributed by atoms with Crippen LogP contribution >= 0.6 is 0 Å². The number of rotatable bonds is 5. The molecule has 178 valence electrons. The first kappa shape index (κ1) is 22.9. The van der Waals surface area contributed by atoms with Gasteiger partial charge in [-0.3, -0.25) is 9.78 Å². The maximum atomic E-state index is 14.0. The molecule has 2 saturated heterocycles. The molecule has 1 unspecified atom stereocenters. The first-order valence-corrected chi connectivity index (χ1v) is 12.1. The summed E-state index contributed by atoms with van der Waals surface area (Å²) in [6, 6.07) is 15.0. The summed E-state index contributed by atoms with van der Waals surface area (Å²) in [6.45, 7) is 3.62. The Bertz CT molecular complexity index is 1130. The molecule has 2 aliphatic heterocycles. The second-order valence-electron chi connectivity index (χ2n) is 9.65. The molecule has 0 radical (unpaired) electrons. The molecule has 0 aliphatic carbocycles. The number of aromatic nitrogens is 1. The summed E-state index contributed by atoms with van der Waals surface area (Å²) in [5, 5.41) is 2.30. The number of nitrogens with zero attached hydrogens (tertiary/aromatic N) is 2. The zero-order chi connectivity index (χ0) is 23.4. The molecule has 0 saturated carbocycles. The molecular weight excluding hydrogens is 431 g/mol. The molecule has 3 aromatic rings. The highest BCUT2D eigenvalue weighted by Gasteiger charge is 2.43. The maximum absolute atomic E-state index is 14.0. The van der Waals surface area contributed by atoms with Crippen LogP contribution in [0.25, 0.3) is 10.8 Å². The van der Waals surface area contributed by atoms with Crippen molar-refractivity contribution in [1.82, 2.24) is 9.88 Å². The van der Waals surface area contributed by atoms with Crippen LogP contribution in [0.15, 0.2) is 60.9 Å². The minimum atomic E-state index is -0.514. The number of pyridine rings is 1. The number of halogens is 1. The molecule has 2 fully saturated rings. The summed E-state index contributed by atoms with van der Waals surface area (Å²) in [5.41, 5.74) is 1.71. The fraction of sp³-hybridized carbons (Fsp3) is 0.429. The quantitative estimate of drug-likeness (QED) is 0.563. The number of hydrogen-bond donors (Lipinski definition) is 0. The highest BCUT2D eigenvalue weighted by molar-refractivity contribution is 5.83. The predicted octanol–water partition coefficient (Wildman–Crippen LogP) is 4.43. The molecule has 5 rings (SSSR count). The maximum Gasteiger partial charge on any atom is 0.229 e. The molecule has 3 heterocycles. The number of benzene rings is 2. The Labute approximate surface area is 199 Å². The van der Waals surface area contributed by atoms with Crippen LogP contribution in [-0.4, -0.2) is 55.3 Å². The van der Waals surface area contributed by atoms with Gasteiger partial charge in [0.15, 0.2) is 0 Å². The lowest BCUT2D eigenvalue weighted by Crippen LogP contribution is -2.50. The standard InChI is InChI=1S/C28H31FN2O3/c29-26-5-2-21(3-6-26)17-28(8-12-33-13-9-28)27(32)31-11-14-34-20-23(19-31)15-22-1-4-24-7-10-30-18-25(24)16-22/h1-7,10,16,18,23H,8-9,11-15,17,19-20H2. The van der Waals surface area contributed by atoms with Gasteiger partial charge in [-0.2, -0.15) is 0 Å². The van der Waals surface area contributed by atoms with Crippen molar-refractivity contribution in [2.24, 2.45) is 11.3 Å². The van der Waals surface area contributed by atoms with Gasteiger partial charge in [0.1, 0.15) is 5.82 Å². The molecule has 0 spiro atoms. The minimum Gasteiger partial charge on any atom is -0.381 e. The van der Waals surface area contributed by atoms with Crippen LogP contribution < -0.4 is 0 Å². The SMILES string of the molecule is O=C(N1CCOCC(Cc2ccc3ccncc3c2)C1)C1(Cc2ccc(F)cc2)CCOCC1. The minimum absolute atomic E-state index is 0.179. The lowest BCUT2D eigenvalue weighted by molar-refractivity contribution is -0.148. The number of fused-ring (bicyclic) bond motifs is 1. The second kappa shape index (κ2) is 10.2. The van der Waals surface area contributed by atoms with Crippen molar-refractivity contribution in [3.05, 3.63) is 77.9 Å². The van der Waals surface area contributed by atoms with Gasteiger partial charge < -0.3 is 14.4 Å². The number of ether oxygens (including phenoxy) is 2. The molecule has 6 heteroatoms. The number of carbonyl (C=O) groups is 1. The molecule has 1 amide bonds. The summed E-state index contributed by atoms with van der Waals surface area (Å²) in [5.74, 6) is 0.148. The Hall–Kier alpha value is -2.83. The summed E-state index contributed by atoms with van der Waals surface area (Å²) >= 11 is 0. The van der Waals surface area contributed by atoms with Gasteiger partial charge in [-0.25, -0.2) is 4.39 Å². The highest BCUT2D eigenvalue weighted by Crippen LogP contribution is 2.37. The molecule has 2 aliphatic rings. The third kappa shape index (κ3) is 5.13. The van der Waals surface area contributed by atoms with E-state index in [0.29, 0.717) is 58.8 Å². The van der Waals surface area contributed by atoms with Gasteiger partial charge in [0.25, 0.3) is 0 Å². The van der Waals surface area contributed by atoms with Crippen LogP contribution in [-0.2, 0) is 27.1 Å². The fourth-order valence-electron chi connectivity index (χ4n) is 5.34. The number of amides is 1. The van der Waals surface area contributed by atoms with Crippen LogP contribution in [0.1, 0.15) is 24.0 Å². The first-order valence-electron chi connectivity index (χ1n) is 12.1. The van der Waals surface area contributed by atoms with Gasteiger partial charge in [-0.15, -0.1) is 0 Å². The summed E-state index contributed by atoms with van der Waals surface area (Å²) < 4.78 is 25.0. The van der Waals surface area contributed by atoms with E-state index >= 15 is 0 Å². The lowest BCUT2D eigenvalue weighted by Gasteiger charge is -2.40. The third-order valence-electron chi connectivity index (χ3n) is 7.21. The van der Waals surface area contributed by atoms with E-state index in [-0.39, 0.29) is 17.6 Å². The van der Waals surface area contributed by atoms with Crippen LogP contribution in [0.4, 0.5) is 4.39 Å². The average molecular weight is 463 g/mol. The molecule has 2 aromatic carbocycles. The Morgan fingerprint density at radius 2 is 1.79 bits per heavy atom. The van der Waals surface area contributed by atoms with E-state index in [4.69, 9.17) is 9.47 Å². The van der Waals surface area contributed by atoms with Gasteiger partial charge in [0.2, 0.25) is 5.91 Å². The predicted molar refractivity (Wildman–Crippen MR) is 129 cm³/mol. The monoisotopic (exact) mass is 462 g/mol. The molecule has 1 aromatic heterocycles. The van der Waals surface area contributed by atoms with Crippen molar-refractivity contribution in [2.75, 3.05) is 39.5 Å². The van der Waals surface area contributed by atoms with Crippen molar-refractivity contribution in [3.63, 3.8) is 0 Å². The lowest BCUT2D eigenvalue weighted by atomic mass is 9.74. The van der Waals surface area contributed by atoms with Crippen LogP contribution in [0.3, 0.4) is 0 Å². The highest BCUT2D eigenvalue weighted by atomic mass is 19.1. The van der Waals surface area contributed by atoms with Crippen LogP contribution in [0.5, 0.6) is 0 Å². The summed E-state index contributed by atoms with van der Waals surface area (Å²) in [4.78, 5) is 20.3. The van der Waals surface area contributed by atoms with E-state index in [2.05, 4.69) is 23.2 Å². The van der Waals surface area contributed by atoms with Gasteiger partial charge in [0, 0.05) is 50.0 Å². The summed E-state index contributed by atoms with van der Waals surface area (Å²) in [7, 11) is 0. The third-order valence-corrected chi connectivity index (χ3v) is 7.21. The zero-order valence-corrected chi connectivity index (χ0v) is 19.4. The van der Waals surface area contributed by atoms with E-state index in [9.17, 15) is 9.18 Å². The first-order chi connectivity index (χ1) is 16.6. The molecule has 5 nitrogen and oxygen atoms in total.